The van der Waals surface area contributed by atoms with E-state index in [1.54, 1.807) is 37.7 Å². The Bertz CT molecular complexity index is 826. The number of aryl methyl sites for hydroxylation is 1. The van der Waals surface area contributed by atoms with Crippen LogP contribution in [0.25, 0.3) is 11.3 Å². The Kier molecular flexibility index (Phi) is 4.24. The van der Waals surface area contributed by atoms with Crippen molar-refractivity contribution in [3.05, 3.63) is 71.7 Å². The molecule has 1 aromatic carbocycles. The van der Waals surface area contributed by atoms with Gasteiger partial charge in [0.1, 0.15) is 17.0 Å². The molecule has 1 amide bonds. The Hall–Kier alpha value is -3.28. The average molecular weight is 306 g/mol. The van der Waals surface area contributed by atoms with Gasteiger partial charge in [-0.2, -0.15) is 5.10 Å². The molecule has 0 fully saturated rings. The first-order valence-electron chi connectivity index (χ1n) is 7.01. The molecule has 23 heavy (non-hydrogen) atoms. The largest absolute Gasteiger partial charge is 0.360 e. The molecule has 6 nitrogen and oxygen atoms in total. The summed E-state index contributed by atoms with van der Waals surface area (Å²) in [6.07, 6.45) is 4.85. The molecule has 2 aromatic heterocycles. The lowest BCUT2D eigenvalue weighted by Gasteiger charge is -2.01. The first kappa shape index (κ1) is 14.6. The van der Waals surface area contributed by atoms with Crippen molar-refractivity contribution in [3.63, 3.8) is 0 Å². The molecule has 0 aliphatic rings. The molecule has 114 valence electrons. The van der Waals surface area contributed by atoms with Crippen LogP contribution in [0.2, 0.25) is 0 Å². The Morgan fingerprint density at radius 2 is 1.91 bits per heavy atom. The van der Waals surface area contributed by atoms with E-state index in [1.165, 1.54) is 0 Å². The molecule has 0 radical (unpaired) electrons. The van der Waals surface area contributed by atoms with Crippen LogP contribution in [0.15, 0.2) is 64.5 Å². The Balaban J connectivity index is 1.80. The van der Waals surface area contributed by atoms with Gasteiger partial charge in [-0.25, -0.2) is 5.43 Å². The topological polar surface area (TPSA) is 80.4 Å². The molecule has 0 saturated heterocycles. The molecule has 1 N–H and O–H groups in total. The highest BCUT2D eigenvalue weighted by atomic mass is 16.5. The Labute approximate surface area is 132 Å². The van der Waals surface area contributed by atoms with Crippen LogP contribution >= 0.6 is 0 Å². The molecular formula is C17H14N4O2. The van der Waals surface area contributed by atoms with Gasteiger partial charge in [0, 0.05) is 18.0 Å². The van der Waals surface area contributed by atoms with Crippen molar-refractivity contribution >= 4 is 12.1 Å². The lowest BCUT2D eigenvalue weighted by atomic mass is 10.1. The van der Waals surface area contributed by atoms with Crippen LogP contribution in [0, 0.1) is 6.92 Å². The van der Waals surface area contributed by atoms with Crippen LogP contribution < -0.4 is 5.43 Å². The van der Waals surface area contributed by atoms with E-state index in [4.69, 9.17) is 4.52 Å². The maximum Gasteiger partial charge on any atom is 0.277 e. The van der Waals surface area contributed by atoms with Gasteiger partial charge in [-0.15, -0.1) is 0 Å². The number of hydrogen-bond donors (Lipinski definition) is 1. The van der Waals surface area contributed by atoms with E-state index in [1.807, 2.05) is 30.3 Å². The summed E-state index contributed by atoms with van der Waals surface area (Å²) < 4.78 is 5.16. The van der Waals surface area contributed by atoms with E-state index in [9.17, 15) is 4.79 Å². The van der Waals surface area contributed by atoms with Gasteiger partial charge in [0.25, 0.3) is 5.91 Å². The summed E-state index contributed by atoms with van der Waals surface area (Å²) in [5.74, 6) is 0.0772. The van der Waals surface area contributed by atoms with Crippen LogP contribution in [0.5, 0.6) is 0 Å². The van der Waals surface area contributed by atoms with E-state index in [-0.39, 0.29) is 5.91 Å². The predicted octanol–water partition coefficient (Wildman–Crippen LogP) is 2.81. The van der Waals surface area contributed by atoms with Crippen molar-refractivity contribution < 1.29 is 9.32 Å². The number of benzene rings is 1. The van der Waals surface area contributed by atoms with E-state index in [0.717, 1.165) is 11.1 Å². The van der Waals surface area contributed by atoms with Gasteiger partial charge in [-0.3, -0.25) is 9.78 Å². The number of carbonyl (C=O) groups is 1. The zero-order valence-electron chi connectivity index (χ0n) is 12.4. The highest BCUT2D eigenvalue weighted by molar-refractivity contribution is 6.01. The van der Waals surface area contributed by atoms with E-state index in [2.05, 4.69) is 20.7 Å². The summed E-state index contributed by atoms with van der Waals surface area (Å²) in [6, 6.07) is 13.0. The maximum atomic E-state index is 12.4. The van der Waals surface area contributed by atoms with Crippen LogP contribution in [0.1, 0.15) is 21.7 Å². The second kappa shape index (κ2) is 6.65. The second-order valence-corrected chi connectivity index (χ2v) is 4.81. The first-order valence-corrected chi connectivity index (χ1v) is 7.01. The summed E-state index contributed by atoms with van der Waals surface area (Å²) >= 11 is 0. The molecule has 2 heterocycles. The van der Waals surface area contributed by atoms with Gasteiger partial charge in [-0.05, 0) is 24.6 Å². The van der Waals surface area contributed by atoms with Gasteiger partial charge in [0.15, 0.2) is 0 Å². The molecule has 0 atom stereocenters. The second-order valence-electron chi connectivity index (χ2n) is 4.81. The molecule has 0 aliphatic carbocycles. The minimum absolute atomic E-state index is 0.368. The molecule has 0 saturated carbocycles. The van der Waals surface area contributed by atoms with Gasteiger partial charge < -0.3 is 4.52 Å². The monoisotopic (exact) mass is 306 g/mol. The van der Waals surface area contributed by atoms with Crippen LogP contribution in [-0.4, -0.2) is 22.3 Å². The Morgan fingerprint density at radius 3 is 2.65 bits per heavy atom. The lowest BCUT2D eigenvalue weighted by Crippen LogP contribution is -2.18. The number of nitrogens with zero attached hydrogens (tertiary/aromatic N) is 3. The predicted molar refractivity (Wildman–Crippen MR) is 86.0 cm³/mol. The smallest absolute Gasteiger partial charge is 0.277 e. The number of nitrogens with one attached hydrogen (secondary N) is 1. The first-order chi connectivity index (χ1) is 11.3. The molecule has 0 bridgehead atoms. The van der Waals surface area contributed by atoms with Crippen molar-refractivity contribution in [2.75, 3.05) is 0 Å². The van der Waals surface area contributed by atoms with Crippen molar-refractivity contribution in [1.82, 2.24) is 15.6 Å². The zero-order chi connectivity index (χ0) is 16.1. The number of hydrazone groups is 1. The van der Waals surface area contributed by atoms with Crippen LogP contribution in [0.4, 0.5) is 0 Å². The quantitative estimate of drug-likeness (QED) is 0.593. The Morgan fingerprint density at radius 1 is 1.17 bits per heavy atom. The number of aromatic nitrogens is 2. The van der Waals surface area contributed by atoms with E-state index >= 15 is 0 Å². The average Bonchev–Trinajstić information content (AvgIpc) is 2.98. The minimum Gasteiger partial charge on any atom is -0.360 e. The van der Waals surface area contributed by atoms with Crippen LogP contribution in [0.3, 0.4) is 0 Å². The molecule has 3 aromatic rings. The number of rotatable bonds is 4. The number of carbonyl (C=O) groups excluding carboxylic acids is 1. The third-order valence-electron chi connectivity index (χ3n) is 3.22. The third-order valence-corrected chi connectivity index (χ3v) is 3.22. The summed E-state index contributed by atoms with van der Waals surface area (Å²) in [6.45, 7) is 1.70. The number of amides is 1. The third kappa shape index (κ3) is 3.32. The van der Waals surface area contributed by atoms with Gasteiger partial charge in [-0.1, -0.05) is 35.5 Å². The molecular weight excluding hydrogens is 292 g/mol. The summed E-state index contributed by atoms with van der Waals surface area (Å²) in [4.78, 5) is 16.3. The zero-order valence-corrected chi connectivity index (χ0v) is 12.4. The summed E-state index contributed by atoms with van der Waals surface area (Å²) in [7, 11) is 0. The number of pyridine rings is 1. The fourth-order valence-electron chi connectivity index (χ4n) is 2.10. The van der Waals surface area contributed by atoms with Gasteiger partial charge in [0.2, 0.25) is 0 Å². The maximum absolute atomic E-state index is 12.4. The highest BCUT2D eigenvalue weighted by Crippen LogP contribution is 2.24. The summed E-state index contributed by atoms with van der Waals surface area (Å²) in [5, 5.41) is 7.93. The highest BCUT2D eigenvalue weighted by Gasteiger charge is 2.21. The van der Waals surface area contributed by atoms with E-state index < -0.39 is 0 Å². The lowest BCUT2D eigenvalue weighted by molar-refractivity contribution is 0.0954. The molecule has 3 rings (SSSR count). The molecule has 0 aliphatic heterocycles. The van der Waals surface area contributed by atoms with Crippen molar-refractivity contribution in [2.24, 2.45) is 5.10 Å². The summed E-state index contributed by atoms with van der Waals surface area (Å²) in [5.41, 5.74) is 5.02. The standard InChI is InChI=1S/C17H14N4O2/c1-12-15(16(21-23-12)14-5-3-2-4-6-14)17(22)20-19-11-13-7-9-18-10-8-13/h2-11H,1H3,(H,20,22)/b19-11+. The van der Waals surface area contributed by atoms with Crippen molar-refractivity contribution in [2.45, 2.75) is 6.92 Å². The molecule has 0 unspecified atom stereocenters. The molecule has 0 spiro atoms. The molecule has 6 heteroatoms. The minimum atomic E-state index is -0.368. The van der Waals surface area contributed by atoms with Crippen molar-refractivity contribution in [1.29, 1.82) is 0 Å². The van der Waals surface area contributed by atoms with Crippen LogP contribution in [-0.2, 0) is 0 Å². The SMILES string of the molecule is Cc1onc(-c2ccccc2)c1C(=O)N/N=C/c1ccncc1. The van der Waals surface area contributed by atoms with Gasteiger partial charge in [0.05, 0.1) is 6.21 Å². The van der Waals surface area contributed by atoms with Gasteiger partial charge >= 0.3 is 0 Å². The van der Waals surface area contributed by atoms with E-state index in [0.29, 0.717) is 17.0 Å². The fourth-order valence-corrected chi connectivity index (χ4v) is 2.10. The fraction of sp³-hybridized carbons (Fsp3) is 0.0588. The normalized spacial score (nSPS) is 10.8. The number of hydrogen-bond acceptors (Lipinski definition) is 5. The van der Waals surface area contributed by atoms with Crippen molar-refractivity contribution in [3.8, 4) is 11.3 Å².